The third-order valence-corrected chi connectivity index (χ3v) is 3.35. The Morgan fingerprint density at radius 3 is 3.00 bits per heavy atom. The number of hydrogen-bond acceptors (Lipinski definition) is 4. The number of fused-ring (bicyclic) bond motifs is 1. The van der Waals surface area contributed by atoms with E-state index < -0.39 is 0 Å². The molecule has 3 aromatic rings. The highest BCUT2D eigenvalue weighted by Gasteiger charge is 2.08. The lowest BCUT2D eigenvalue weighted by molar-refractivity contribution is 0.762. The van der Waals surface area contributed by atoms with E-state index in [2.05, 4.69) is 22.2 Å². The van der Waals surface area contributed by atoms with Gasteiger partial charge in [0.05, 0.1) is 28.8 Å². The summed E-state index contributed by atoms with van der Waals surface area (Å²) in [6.07, 6.45) is 6.97. The van der Waals surface area contributed by atoms with Crippen molar-refractivity contribution in [3.05, 3.63) is 42.4 Å². The monoisotopic (exact) mass is 267 g/mol. The van der Waals surface area contributed by atoms with Crippen molar-refractivity contribution in [1.29, 1.82) is 0 Å². The van der Waals surface area contributed by atoms with Crippen molar-refractivity contribution in [3.63, 3.8) is 0 Å². The summed E-state index contributed by atoms with van der Waals surface area (Å²) in [4.78, 5) is 4.34. The van der Waals surface area contributed by atoms with Gasteiger partial charge in [-0.25, -0.2) is 4.68 Å². The maximum atomic E-state index is 5.97. The molecule has 3 rings (SSSR count). The number of rotatable bonds is 4. The standard InChI is InChI=1S/C15H17N5/c1-2-3-5-11-10-20(19-18-11)14-8-7-13(16)15-12(14)6-4-9-17-15/h4,6-10H,2-3,5,16H2,1H3. The molecule has 0 aliphatic carbocycles. The number of aromatic nitrogens is 4. The minimum Gasteiger partial charge on any atom is -0.397 e. The molecular formula is C15H17N5. The number of pyridine rings is 1. The molecule has 0 bridgehead atoms. The van der Waals surface area contributed by atoms with E-state index in [9.17, 15) is 0 Å². The van der Waals surface area contributed by atoms with Crippen LogP contribution < -0.4 is 5.73 Å². The predicted molar refractivity (Wildman–Crippen MR) is 79.7 cm³/mol. The second-order valence-corrected chi connectivity index (χ2v) is 4.83. The van der Waals surface area contributed by atoms with Gasteiger partial charge in [-0.2, -0.15) is 0 Å². The Labute approximate surface area is 117 Å². The van der Waals surface area contributed by atoms with Crippen molar-refractivity contribution in [2.75, 3.05) is 5.73 Å². The molecule has 0 amide bonds. The first-order valence-electron chi connectivity index (χ1n) is 6.84. The normalized spacial score (nSPS) is 11.1. The summed E-state index contributed by atoms with van der Waals surface area (Å²) in [6, 6.07) is 7.72. The van der Waals surface area contributed by atoms with Gasteiger partial charge < -0.3 is 5.73 Å². The predicted octanol–water partition coefficient (Wildman–Crippen LogP) is 2.74. The van der Waals surface area contributed by atoms with E-state index in [1.807, 2.05) is 30.5 Å². The molecule has 0 saturated carbocycles. The van der Waals surface area contributed by atoms with E-state index in [4.69, 9.17) is 5.73 Å². The Bertz CT molecular complexity index is 732. The molecule has 5 heteroatoms. The number of aryl methyl sites for hydroxylation is 1. The smallest absolute Gasteiger partial charge is 0.0952 e. The fraction of sp³-hybridized carbons (Fsp3) is 0.267. The van der Waals surface area contributed by atoms with E-state index in [0.29, 0.717) is 5.69 Å². The second kappa shape index (κ2) is 5.28. The molecule has 0 unspecified atom stereocenters. The Morgan fingerprint density at radius 1 is 1.25 bits per heavy atom. The molecule has 0 atom stereocenters. The third kappa shape index (κ3) is 2.22. The molecule has 2 N–H and O–H groups in total. The Balaban J connectivity index is 2.06. The summed E-state index contributed by atoms with van der Waals surface area (Å²) in [6.45, 7) is 2.17. The average Bonchev–Trinajstić information content (AvgIpc) is 2.94. The van der Waals surface area contributed by atoms with Gasteiger partial charge in [0.15, 0.2) is 0 Å². The zero-order chi connectivity index (χ0) is 13.9. The molecule has 102 valence electrons. The number of unbranched alkanes of at least 4 members (excludes halogenated alkanes) is 1. The summed E-state index contributed by atoms with van der Waals surface area (Å²) in [5.74, 6) is 0. The summed E-state index contributed by atoms with van der Waals surface area (Å²) in [5.41, 5.74) is 9.41. The van der Waals surface area contributed by atoms with Crippen molar-refractivity contribution in [1.82, 2.24) is 20.0 Å². The van der Waals surface area contributed by atoms with Crippen LogP contribution in [-0.2, 0) is 6.42 Å². The Kier molecular flexibility index (Phi) is 3.33. The Hall–Kier alpha value is -2.43. The number of anilines is 1. The van der Waals surface area contributed by atoms with Crippen molar-refractivity contribution in [2.24, 2.45) is 0 Å². The quantitative estimate of drug-likeness (QED) is 0.738. The molecule has 0 fully saturated rings. The minimum absolute atomic E-state index is 0.677. The van der Waals surface area contributed by atoms with Crippen LogP contribution in [-0.4, -0.2) is 20.0 Å². The van der Waals surface area contributed by atoms with Gasteiger partial charge in [-0.1, -0.05) is 18.6 Å². The van der Waals surface area contributed by atoms with E-state index in [-0.39, 0.29) is 0 Å². The molecule has 0 spiro atoms. The van der Waals surface area contributed by atoms with Gasteiger partial charge >= 0.3 is 0 Å². The second-order valence-electron chi connectivity index (χ2n) is 4.83. The zero-order valence-corrected chi connectivity index (χ0v) is 11.5. The molecule has 5 nitrogen and oxygen atoms in total. The fourth-order valence-corrected chi connectivity index (χ4v) is 2.27. The van der Waals surface area contributed by atoms with E-state index in [0.717, 1.165) is 41.5 Å². The molecule has 20 heavy (non-hydrogen) atoms. The van der Waals surface area contributed by atoms with Crippen LogP contribution >= 0.6 is 0 Å². The average molecular weight is 267 g/mol. The highest BCUT2D eigenvalue weighted by molar-refractivity contribution is 5.95. The van der Waals surface area contributed by atoms with E-state index in [1.54, 1.807) is 10.9 Å². The third-order valence-electron chi connectivity index (χ3n) is 3.35. The van der Waals surface area contributed by atoms with Crippen molar-refractivity contribution in [3.8, 4) is 5.69 Å². The van der Waals surface area contributed by atoms with Crippen molar-refractivity contribution < 1.29 is 0 Å². The van der Waals surface area contributed by atoms with Gasteiger partial charge in [0.25, 0.3) is 0 Å². The topological polar surface area (TPSA) is 69.6 Å². The lowest BCUT2D eigenvalue weighted by Gasteiger charge is -2.07. The molecule has 0 aliphatic rings. The fourth-order valence-electron chi connectivity index (χ4n) is 2.27. The van der Waals surface area contributed by atoms with Gasteiger partial charge in [-0.05, 0) is 37.1 Å². The van der Waals surface area contributed by atoms with Gasteiger partial charge in [0.1, 0.15) is 0 Å². The summed E-state index contributed by atoms with van der Waals surface area (Å²) < 4.78 is 1.80. The zero-order valence-electron chi connectivity index (χ0n) is 11.5. The summed E-state index contributed by atoms with van der Waals surface area (Å²) in [7, 11) is 0. The molecule has 0 aliphatic heterocycles. The summed E-state index contributed by atoms with van der Waals surface area (Å²) in [5, 5.41) is 9.42. The number of nitrogens with two attached hydrogens (primary N) is 1. The SMILES string of the molecule is CCCCc1cn(-c2ccc(N)c3ncccc23)nn1. The Morgan fingerprint density at radius 2 is 2.15 bits per heavy atom. The number of nitrogen functional groups attached to an aromatic ring is 1. The van der Waals surface area contributed by atoms with Crippen LogP contribution in [0.3, 0.4) is 0 Å². The van der Waals surface area contributed by atoms with Crippen LogP contribution in [0.5, 0.6) is 0 Å². The van der Waals surface area contributed by atoms with Crippen LogP contribution in [0.15, 0.2) is 36.7 Å². The van der Waals surface area contributed by atoms with Crippen LogP contribution in [0, 0.1) is 0 Å². The molecule has 0 saturated heterocycles. The van der Waals surface area contributed by atoms with Crippen molar-refractivity contribution in [2.45, 2.75) is 26.2 Å². The van der Waals surface area contributed by atoms with Gasteiger partial charge in [-0.3, -0.25) is 4.98 Å². The van der Waals surface area contributed by atoms with Crippen molar-refractivity contribution >= 4 is 16.6 Å². The minimum atomic E-state index is 0.677. The first-order valence-corrected chi connectivity index (χ1v) is 6.84. The number of benzene rings is 1. The largest absolute Gasteiger partial charge is 0.397 e. The highest BCUT2D eigenvalue weighted by Crippen LogP contribution is 2.24. The first kappa shape index (κ1) is 12.6. The molecule has 2 aromatic heterocycles. The van der Waals surface area contributed by atoms with Gasteiger partial charge in [0.2, 0.25) is 0 Å². The van der Waals surface area contributed by atoms with Gasteiger partial charge in [-0.15, -0.1) is 5.10 Å². The van der Waals surface area contributed by atoms with E-state index in [1.165, 1.54) is 0 Å². The summed E-state index contributed by atoms with van der Waals surface area (Å²) >= 11 is 0. The molecule has 2 heterocycles. The lowest BCUT2D eigenvalue weighted by atomic mass is 10.1. The van der Waals surface area contributed by atoms with Crippen LogP contribution in [0.2, 0.25) is 0 Å². The number of nitrogens with zero attached hydrogens (tertiary/aromatic N) is 4. The van der Waals surface area contributed by atoms with E-state index >= 15 is 0 Å². The maximum Gasteiger partial charge on any atom is 0.0952 e. The molecule has 1 aromatic carbocycles. The lowest BCUT2D eigenvalue weighted by Crippen LogP contribution is -1.99. The van der Waals surface area contributed by atoms with Gasteiger partial charge in [0, 0.05) is 11.6 Å². The maximum absolute atomic E-state index is 5.97. The first-order chi connectivity index (χ1) is 9.79. The van der Waals surface area contributed by atoms with Crippen LogP contribution in [0.4, 0.5) is 5.69 Å². The van der Waals surface area contributed by atoms with Crippen LogP contribution in [0.1, 0.15) is 25.5 Å². The highest BCUT2D eigenvalue weighted by atomic mass is 15.4. The molecular weight excluding hydrogens is 250 g/mol. The number of hydrogen-bond donors (Lipinski definition) is 1. The van der Waals surface area contributed by atoms with Crippen LogP contribution in [0.25, 0.3) is 16.6 Å². The molecule has 0 radical (unpaired) electrons.